The van der Waals surface area contributed by atoms with Gasteiger partial charge < -0.3 is 15.4 Å². The minimum Gasteiger partial charge on any atom is -0.497 e. The van der Waals surface area contributed by atoms with Crippen molar-refractivity contribution in [2.75, 3.05) is 25.5 Å². The van der Waals surface area contributed by atoms with Gasteiger partial charge in [0.05, 0.1) is 18.5 Å². The summed E-state index contributed by atoms with van der Waals surface area (Å²) < 4.78 is 6.73. The maximum Gasteiger partial charge on any atom is 0.280 e. The predicted molar refractivity (Wildman–Crippen MR) is 105 cm³/mol. The van der Waals surface area contributed by atoms with Crippen molar-refractivity contribution in [1.82, 2.24) is 20.3 Å². The fraction of sp³-hybridized carbons (Fsp3) is 0.350. The van der Waals surface area contributed by atoms with E-state index in [-0.39, 0.29) is 11.6 Å². The number of piperidine rings is 1. The molecule has 1 saturated heterocycles. The molecule has 3 aromatic rings. The van der Waals surface area contributed by atoms with Gasteiger partial charge in [0.25, 0.3) is 5.56 Å². The Bertz CT molecular complexity index is 978. The Morgan fingerprint density at radius 2 is 2.11 bits per heavy atom. The molecule has 7 heteroatoms. The summed E-state index contributed by atoms with van der Waals surface area (Å²) in [7, 11) is 1.65. The van der Waals surface area contributed by atoms with E-state index in [1.807, 2.05) is 42.5 Å². The van der Waals surface area contributed by atoms with Crippen molar-refractivity contribution in [3.63, 3.8) is 0 Å². The molecule has 27 heavy (non-hydrogen) atoms. The molecule has 7 nitrogen and oxygen atoms in total. The van der Waals surface area contributed by atoms with E-state index in [4.69, 9.17) is 4.74 Å². The lowest BCUT2D eigenvalue weighted by Gasteiger charge is -2.23. The number of ether oxygens (including phenoxy) is 1. The van der Waals surface area contributed by atoms with Crippen molar-refractivity contribution in [2.45, 2.75) is 25.4 Å². The largest absolute Gasteiger partial charge is 0.497 e. The van der Waals surface area contributed by atoms with E-state index in [1.165, 1.54) is 4.68 Å². The van der Waals surface area contributed by atoms with Crippen LogP contribution in [0, 0.1) is 0 Å². The number of nitrogens with one attached hydrogen (secondary N) is 2. The first kappa shape index (κ1) is 17.5. The maximum atomic E-state index is 13.1. The van der Waals surface area contributed by atoms with Crippen LogP contribution in [0.25, 0.3) is 10.9 Å². The molecule has 0 bridgehead atoms. The van der Waals surface area contributed by atoms with Gasteiger partial charge in [-0.05, 0) is 49.2 Å². The van der Waals surface area contributed by atoms with Crippen molar-refractivity contribution < 1.29 is 4.74 Å². The molecule has 140 valence electrons. The Morgan fingerprint density at radius 1 is 1.26 bits per heavy atom. The number of benzene rings is 2. The number of methoxy groups -OCH3 is 1. The molecule has 4 rings (SSSR count). The smallest absolute Gasteiger partial charge is 0.280 e. The SMILES string of the molecule is COc1ccc(CNc2cccc3nnn(C4CCCNC4)c(=O)c23)cc1. The number of hydrogen-bond acceptors (Lipinski definition) is 6. The van der Waals surface area contributed by atoms with E-state index in [0.717, 1.165) is 42.9 Å². The molecule has 0 saturated carbocycles. The van der Waals surface area contributed by atoms with Crippen molar-refractivity contribution in [1.29, 1.82) is 0 Å². The van der Waals surface area contributed by atoms with Crippen LogP contribution in [-0.2, 0) is 6.54 Å². The summed E-state index contributed by atoms with van der Waals surface area (Å²) in [5.74, 6) is 0.822. The van der Waals surface area contributed by atoms with Gasteiger partial charge in [0.1, 0.15) is 11.3 Å². The Labute approximate surface area is 157 Å². The van der Waals surface area contributed by atoms with Crippen LogP contribution in [0.1, 0.15) is 24.4 Å². The van der Waals surface area contributed by atoms with Crippen molar-refractivity contribution in [2.24, 2.45) is 0 Å². The summed E-state index contributed by atoms with van der Waals surface area (Å²) >= 11 is 0. The number of fused-ring (bicyclic) bond motifs is 1. The summed E-state index contributed by atoms with van der Waals surface area (Å²) in [5, 5.41) is 15.8. The van der Waals surface area contributed by atoms with Crippen molar-refractivity contribution in [3.8, 4) is 5.75 Å². The topological polar surface area (TPSA) is 81.1 Å². The van der Waals surface area contributed by atoms with Gasteiger partial charge >= 0.3 is 0 Å². The van der Waals surface area contributed by atoms with Crippen LogP contribution in [0.4, 0.5) is 5.69 Å². The van der Waals surface area contributed by atoms with E-state index >= 15 is 0 Å². The van der Waals surface area contributed by atoms with Crippen LogP contribution in [0.2, 0.25) is 0 Å². The fourth-order valence-electron chi connectivity index (χ4n) is 3.47. The van der Waals surface area contributed by atoms with Gasteiger partial charge in [0.2, 0.25) is 0 Å². The number of rotatable bonds is 5. The fourth-order valence-corrected chi connectivity index (χ4v) is 3.47. The molecule has 0 spiro atoms. The number of hydrogen-bond donors (Lipinski definition) is 2. The zero-order valence-corrected chi connectivity index (χ0v) is 15.3. The second-order valence-electron chi connectivity index (χ2n) is 6.74. The lowest BCUT2D eigenvalue weighted by atomic mass is 10.1. The predicted octanol–water partition coefficient (Wildman–Crippen LogP) is 2.34. The van der Waals surface area contributed by atoms with E-state index in [0.29, 0.717) is 17.4 Å². The molecule has 1 aromatic heterocycles. The average molecular weight is 365 g/mol. The van der Waals surface area contributed by atoms with Crippen LogP contribution >= 0.6 is 0 Å². The van der Waals surface area contributed by atoms with Gasteiger partial charge in [0, 0.05) is 18.8 Å². The second-order valence-corrected chi connectivity index (χ2v) is 6.74. The van der Waals surface area contributed by atoms with Crippen LogP contribution < -0.4 is 20.9 Å². The zero-order chi connectivity index (χ0) is 18.6. The highest BCUT2D eigenvalue weighted by Gasteiger charge is 2.19. The molecule has 1 unspecified atom stereocenters. The van der Waals surface area contributed by atoms with E-state index in [1.54, 1.807) is 7.11 Å². The molecule has 2 heterocycles. The average Bonchev–Trinajstić information content (AvgIpc) is 2.73. The molecule has 1 atom stereocenters. The van der Waals surface area contributed by atoms with Gasteiger partial charge in [-0.25, -0.2) is 4.68 Å². The Balaban J connectivity index is 1.64. The van der Waals surface area contributed by atoms with Gasteiger partial charge in [0.15, 0.2) is 0 Å². The molecule has 1 aliphatic rings. The van der Waals surface area contributed by atoms with Crippen molar-refractivity contribution >= 4 is 16.6 Å². The van der Waals surface area contributed by atoms with Crippen LogP contribution in [0.3, 0.4) is 0 Å². The standard InChI is InChI=1S/C20H23N5O2/c1-27-16-9-7-14(8-10-16)12-22-17-5-2-6-18-19(17)20(26)25(24-23-18)15-4-3-11-21-13-15/h2,5-10,15,21-22H,3-4,11-13H2,1H3. The molecular formula is C20H23N5O2. The van der Waals surface area contributed by atoms with Gasteiger partial charge in [-0.1, -0.05) is 23.4 Å². The number of nitrogens with zero attached hydrogens (tertiary/aromatic N) is 3. The lowest BCUT2D eigenvalue weighted by molar-refractivity contribution is 0.328. The first-order chi connectivity index (χ1) is 13.3. The molecule has 0 radical (unpaired) electrons. The highest BCUT2D eigenvalue weighted by molar-refractivity contribution is 5.90. The third-order valence-corrected chi connectivity index (χ3v) is 4.97. The number of anilines is 1. The van der Waals surface area contributed by atoms with Crippen molar-refractivity contribution in [3.05, 3.63) is 58.4 Å². The third kappa shape index (κ3) is 3.64. The summed E-state index contributed by atoms with van der Waals surface area (Å²) in [4.78, 5) is 13.1. The van der Waals surface area contributed by atoms with Crippen LogP contribution in [0.5, 0.6) is 5.75 Å². The Morgan fingerprint density at radius 3 is 2.85 bits per heavy atom. The van der Waals surface area contributed by atoms with Crippen LogP contribution in [0.15, 0.2) is 47.3 Å². The molecule has 1 aliphatic heterocycles. The molecule has 2 N–H and O–H groups in total. The number of aromatic nitrogens is 3. The molecule has 1 fully saturated rings. The maximum absolute atomic E-state index is 13.1. The summed E-state index contributed by atoms with van der Waals surface area (Å²) in [6.07, 6.45) is 1.97. The van der Waals surface area contributed by atoms with E-state index in [2.05, 4.69) is 20.9 Å². The quantitative estimate of drug-likeness (QED) is 0.722. The highest BCUT2D eigenvalue weighted by atomic mass is 16.5. The Hall–Kier alpha value is -2.93. The molecule has 0 amide bonds. The normalized spacial score (nSPS) is 17.0. The molecule has 0 aliphatic carbocycles. The van der Waals surface area contributed by atoms with Gasteiger partial charge in [-0.3, -0.25) is 4.79 Å². The minimum atomic E-state index is -0.0912. The lowest BCUT2D eigenvalue weighted by Crippen LogP contribution is -2.38. The van der Waals surface area contributed by atoms with E-state index < -0.39 is 0 Å². The molecule has 2 aromatic carbocycles. The monoisotopic (exact) mass is 365 g/mol. The first-order valence-corrected chi connectivity index (χ1v) is 9.22. The second kappa shape index (κ2) is 7.75. The summed E-state index contributed by atoms with van der Waals surface area (Å²) in [6, 6.07) is 13.5. The highest BCUT2D eigenvalue weighted by Crippen LogP contribution is 2.21. The van der Waals surface area contributed by atoms with Crippen LogP contribution in [-0.4, -0.2) is 35.2 Å². The minimum absolute atomic E-state index is 0.0535. The van der Waals surface area contributed by atoms with E-state index in [9.17, 15) is 4.79 Å². The van der Waals surface area contributed by atoms with Gasteiger partial charge in [-0.15, -0.1) is 5.10 Å². The van der Waals surface area contributed by atoms with Gasteiger partial charge in [-0.2, -0.15) is 0 Å². The Kier molecular flexibility index (Phi) is 5.02. The third-order valence-electron chi connectivity index (χ3n) is 4.97. The molecular weight excluding hydrogens is 342 g/mol. The summed E-state index contributed by atoms with van der Waals surface area (Å²) in [6.45, 7) is 2.35. The summed E-state index contributed by atoms with van der Waals surface area (Å²) in [5.41, 5.74) is 2.40. The first-order valence-electron chi connectivity index (χ1n) is 9.22. The zero-order valence-electron chi connectivity index (χ0n) is 15.3.